The van der Waals surface area contributed by atoms with Crippen molar-refractivity contribution in [1.29, 1.82) is 0 Å². The third kappa shape index (κ3) is 11.3. The van der Waals surface area contributed by atoms with Gasteiger partial charge >= 0.3 is 17.7 Å². The highest BCUT2D eigenvalue weighted by Gasteiger charge is 2.44. The lowest BCUT2D eigenvalue weighted by Gasteiger charge is -2.32. The summed E-state index contributed by atoms with van der Waals surface area (Å²) in [4.78, 5) is 84.6. The van der Waals surface area contributed by atoms with Crippen LogP contribution < -0.4 is 33.0 Å². The molecule has 8 N–H and O–H groups in total. The van der Waals surface area contributed by atoms with Crippen LogP contribution in [0.15, 0.2) is 68.8 Å². The highest BCUT2D eigenvalue weighted by molar-refractivity contribution is 6.00. The van der Waals surface area contributed by atoms with Crippen LogP contribution in [0.2, 0.25) is 0 Å². The summed E-state index contributed by atoms with van der Waals surface area (Å²) in [6.07, 6.45) is -0.0467. The number of benzene rings is 2. The van der Waals surface area contributed by atoms with E-state index >= 15 is 0 Å². The van der Waals surface area contributed by atoms with E-state index in [4.69, 9.17) is 20.6 Å². The van der Waals surface area contributed by atoms with Gasteiger partial charge in [0.05, 0.1) is 5.92 Å². The average Bonchev–Trinajstić information content (AvgIpc) is 3.57. The van der Waals surface area contributed by atoms with Gasteiger partial charge in [0.1, 0.15) is 29.3 Å². The molecule has 284 valence electrons. The smallest absolute Gasteiger partial charge is 0.408 e. The molecule has 4 amide bonds. The minimum Gasteiger partial charge on any atom is -0.481 e. The molecule has 0 radical (unpaired) electrons. The molecule has 2 heterocycles. The maximum atomic E-state index is 14.3. The van der Waals surface area contributed by atoms with Crippen molar-refractivity contribution in [2.75, 3.05) is 18.4 Å². The van der Waals surface area contributed by atoms with E-state index in [2.05, 4.69) is 20.9 Å². The maximum absolute atomic E-state index is 14.3. The molecule has 1 saturated heterocycles. The van der Waals surface area contributed by atoms with E-state index in [0.717, 1.165) is 0 Å². The lowest BCUT2D eigenvalue weighted by Crippen LogP contribution is -2.59. The van der Waals surface area contributed by atoms with Crippen molar-refractivity contribution in [2.24, 2.45) is 22.4 Å². The molecule has 16 nitrogen and oxygen atoms in total. The van der Waals surface area contributed by atoms with Gasteiger partial charge in [0.2, 0.25) is 17.7 Å². The highest BCUT2D eigenvalue weighted by Crippen LogP contribution is 2.25. The number of guanidine groups is 1. The van der Waals surface area contributed by atoms with Crippen LogP contribution in [0.3, 0.4) is 0 Å². The van der Waals surface area contributed by atoms with Crippen molar-refractivity contribution >= 4 is 52.4 Å². The summed E-state index contributed by atoms with van der Waals surface area (Å²) in [5.74, 6) is -4.89. The fraction of sp³-hybridized carbons (Fsp3) is 0.432. The third-order valence-electron chi connectivity index (χ3n) is 8.59. The number of hydrogen-bond acceptors (Lipinski definition) is 9. The summed E-state index contributed by atoms with van der Waals surface area (Å²) in [6.45, 7) is 6.93. The minimum atomic E-state index is -1.59. The Morgan fingerprint density at radius 2 is 1.77 bits per heavy atom. The predicted molar refractivity (Wildman–Crippen MR) is 197 cm³/mol. The monoisotopic (exact) mass is 733 g/mol. The second kappa shape index (κ2) is 17.5. The van der Waals surface area contributed by atoms with Crippen LogP contribution in [0.25, 0.3) is 11.0 Å². The van der Waals surface area contributed by atoms with Crippen LogP contribution in [0.5, 0.6) is 0 Å². The summed E-state index contributed by atoms with van der Waals surface area (Å²) in [7, 11) is 0. The minimum absolute atomic E-state index is 0.0944. The first-order valence-electron chi connectivity index (χ1n) is 17.3. The van der Waals surface area contributed by atoms with E-state index in [-0.39, 0.29) is 43.9 Å². The number of aliphatic carboxylic acids is 1. The van der Waals surface area contributed by atoms with E-state index in [1.807, 2.05) is 0 Å². The largest absolute Gasteiger partial charge is 0.481 e. The number of carboxylic acid groups (broad SMARTS) is 1. The molecular formula is C37H47N7O9. The average molecular weight is 734 g/mol. The van der Waals surface area contributed by atoms with Crippen molar-refractivity contribution in [3.63, 3.8) is 0 Å². The van der Waals surface area contributed by atoms with Crippen LogP contribution >= 0.6 is 0 Å². The summed E-state index contributed by atoms with van der Waals surface area (Å²) in [6, 6.07) is 11.1. The van der Waals surface area contributed by atoms with Crippen molar-refractivity contribution in [3.8, 4) is 0 Å². The molecule has 16 heteroatoms. The van der Waals surface area contributed by atoms with Gasteiger partial charge in [0.25, 0.3) is 0 Å². The van der Waals surface area contributed by atoms with Crippen molar-refractivity contribution in [2.45, 2.75) is 83.5 Å². The molecule has 0 aliphatic carbocycles. The summed E-state index contributed by atoms with van der Waals surface area (Å²) in [5.41, 5.74) is 11.3. The molecule has 2 aromatic carbocycles. The number of anilines is 1. The van der Waals surface area contributed by atoms with Gasteiger partial charge in [-0.3, -0.25) is 24.2 Å². The van der Waals surface area contributed by atoms with Gasteiger partial charge in [0, 0.05) is 36.3 Å². The zero-order valence-electron chi connectivity index (χ0n) is 30.2. The molecule has 0 spiro atoms. The molecule has 1 aliphatic rings. The number of nitrogens with one attached hydrogen (secondary N) is 3. The zero-order valence-corrected chi connectivity index (χ0v) is 30.2. The van der Waals surface area contributed by atoms with Crippen LogP contribution in [0.1, 0.15) is 57.6 Å². The predicted octanol–water partition coefficient (Wildman–Crippen LogP) is 2.41. The Kier molecular flexibility index (Phi) is 13.2. The third-order valence-corrected chi connectivity index (χ3v) is 8.59. The van der Waals surface area contributed by atoms with Gasteiger partial charge < -0.3 is 46.6 Å². The molecule has 0 bridgehead atoms. The number of carbonyl (C=O) groups excluding carboxylic acids is 4. The van der Waals surface area contributed by atoms with E-state index in [1.165, 1.54) is 17.0 Å². The number of carboxylic acids is 1. The standard InChI is InChI=1S/C37H47N7O9/c1-21-18-29(45)52-28-20-23(14-15-24(21)28)41-31(46)26(12-8-16-40-35(38)39)42-32(47)27-13-9-17-44(27)33(48)30(43-36(51)53-37(2,3)4)25(34(49)50)19-22-10-6-5-7-11-22/h5-7,10-11,14-15,18,20,25-27,30H,8-9,12-13,16-17,19H2,1-4H3,(H,41,46)(H,42,47)(H,43,51)(H,49,50)(H4,38,39,40)/t25?,26-,27-,30-/m0/s1. The molecular weight excluding hydrogens is 686 g/mol. The maximum Gasteiger partial charge on any atom is 0.408 e. The van der Waals surface area contributed by atoms with Crippen LogP contribution in [0, 0.1) is 12.8 Å². The highest BCUT2D eigenvalue weighted by atomic mass is 16.6. The van der Waals surface area contributed by atoms with E-state index < -0.39 is 65.1 Å². The van der Waals surface area contributed by atoms with Gasteiger partial charge in [-0.25, -0.2) is 9.59 Å². The number of nitrogens with zero attached hydrogens (tertiary/aromatic N) is 2. The first kappa shape index (κ1) is 39.8. The number of alkyl carbamates (subject to hydrolysis) is 1. The lowest BCUT2D eigenvalue weighted by molar-refractivity contribution is -0.149. The number of carbonyl (C=O) groups is 5. The Bertz CT molecular complexity index is 1900. The zero-order chi connectivity index (χ0) is 38.9. The summed E-state index contributed by atoms with van der Waals surface area (Å²) in [5, 5.41) is 19.0. The van der Waals surface area contributed by atoms with Crippen LogP contribution in [-0.4, -0.2) is 82.6 Å². The normalized spacial score (nSPS) is 15.8. The number of aliphatic imine (C=N–C) groups is 1. The Morgan fingerprint density at radius 1 is 1.06 bits per heavy atom. The topological polar surface area (TPSA) is 249 Å². The fourth-order valence-corrected chi connectivity index (χ4v) is 6.14. The molecule has 1 aliphatic heterocycles. The van der Waals surface area contributed by atoms with E-state index in [9.17, 15) is 33.9 Å². The van der Waals surface area contributed by atoms with Crippen LogP contribution in [-0.2, 0) is 30.3 Å². The number of likely N-dealkylation sites (tertiary alicyclic amines) is 1. The molecule has 1 fully saturated rings. The van der Waals surface area contributed by atoms with Gasteiger partial charge in [-0.2, -0.15) is 0 Å². The molecule has 1 unspecified atom stereocenters. The SMILES string of the molecule is Cc1cc(=O)oc2cc(NC(=O)[C@H](CCCN=C(N)N)NC(=O)[C@@H]3CCCN3C(=O)[C@@H](NC(=O)OC(C)(C)C)C(Cc3ccccc3)C(=O)O)ccc12. The number of aryl methyl sites for hydroxylation is 1. The number of amides is 4. The Balaban J connectivity index is 1.58. The second-order valence-electron chi connectivity index (χ2n) is 13.9. The van der Waals surface area contributed by atoms with Crippen molar-refractivity contribution in [1.82, 2.24) is 15.5 Å². The van der Waals surface area contributed by atoms with Crippen molar-refractivity contribution < 1.29 is 38.2 Å². The summed E-state index contributed by atoms with van der Waals surface area (Å²) >= 11 is 0. The Morgan fingerprint density at radius 3 is 2.43 bits per heavy atom. The molecule has 4 atom stereocenters. The quantitative estimate of drug-likeness (QED) is 0.0608. The first-order chi connectivity index (χ1) is 25.0. The molecule has 53 heavy (non-hydrogen) atoms. The number of ether oxygens (including phenoxy) is 1. The molecule has 3 aromatic rings. The number of nitrogens with two attached hydrogens (primary N) is 2. The first-order valence-corrected chi connectivity index (χ1v) is 17.3. The fourth-order valence-electron chi connectivity index (χ4n) is 6.14. The van der Waals surface area contributed by atoms with Gasteiger partial charge in [-0.1, -0.05) is 30.3 Å². The van der Waals surface area contributed by atoms with E-state index in [0.29, 0.717) is 35.0 Å². The van der Waals surface area contributed by atoms with Crippen LogP contribution in [0.4, 0.5) is 10.5 Å². The number of hydrogen-bond donors (Lipinski definition) is 6. The number of fused-ring (bicyclic) bond motifs is 1. The summed E-state index contributed by atoms with van der Waals surface area (Å²) < 4.78 is 10.7. The number of rotatable bonds is 14. The van der Waals surface area contributed by atoms with Gasteiger partial charge in [0.15, 0.2) is 5.96 Å². The van der Waals surface area contributed by atoms with E-state index in [1.54, 1.807) is 70.2 Å². The molecule has 4 rings (SSSR count). The van der Waals surface area contributed by atoms with Gasteiger partial charge in [-0.05, 0) is 83.1 Å². The Hall–Kier alpha value is -5.93. The van der Waals surface area contributed by atoms with Crippen molar-refractivity contribution in [3.05, 3.63) is 76.1 Å². The lowest BCUT2D eigenvalue weighted by atomic mass is 9.91. The molecule has 0 saturated carbocycles. The Labute approximate surface area is 306 Å². The molecule has 1 aromatic heterocycles. The van der Waals surface area contributed by atoms with Gasteiger partial charge in [-0.15, -0.1) is 0 Å². The second-order valence-corrected chi connectivity index (χ2v) is 13.9.